The number of amides is 2. The van der Waals surface area contributed by atoms with Crippen LogP contribution in [0.1, 0.15) is 62.1 Å². The standard InChI is InChI=1S/C47H56BrF2N10O5P/c1-6-29-24-38(54-47-51-27-34(48)44(56-47)53-37-10-8-31-33(43(37)66(4,5)64)26-52-60(7-2)46(31)63)40(65-3)25-39(29)59-16-13-30(14-17-59)58-20-18-57(19-21-58)15-12-28-22-35(49)42(36(50)23-28)32-9-11-41(61)55-45(32)62/h8,10,22-27,30,32H,6-7,9,11-21H2,1-5H3,(H,55,61,62)(H2,51,53,54,56). The van der Waals surface area contributed by atoms with Gasteiger partial charge in [0.1, 0.15) is 30.3 Å². The van der Waals surface area contributed by atoms with Crippen molar-refractivity contribution < 1.29 is 27.7 Å². The summed E-state index contributed by atoms with van der Waals surface area (Å²) in [5, 5.41) is 14.7. The van der Waals surface area contributed by atoms with Crippen molar-refractivity contribution in [1.82, 2.24) is 34.9 Å². The molecule has 3 aromatic carbocycles. The Morgan fingerprint density at radius 1 is 0.909 bits per heavy atom. The normalized spacial score (nSPS) is 17.9. The number of halogens is 3. The highest BCUT2D eigenvalue weighted by molar-refractivity contribution is 9.10. The third-order valence-corrected chi connectivity index (χ3v) is 15.2. The molecule has 1 unspecified atom stereocenters. The number of carbonyl (C=O) groups excluding carboxylic acids is 2. The van der Waals surface area contributed by atoms with Gasteiger partial charge in [0.25, 0.3) is 5.56 Å². The summed E-state index contributed by atoms with van der Waals surface area (Å²) in [5.41, 5.74) is 3.62. The lowest BCUT2D eigenvalue weighted by atomic mass is 9.89. The number of hydrogen-bond donors (Lipinski definition) is 3. The van der Waals surface area contributed by atoms with E-state index < -0.39 is 36.5 Å². The molecule has 5 aromatic rings. The fraction of sp³-hybridized carbons (Fsp3) is 0.447. The molecule has 3 aliphatic rings. The van der Waals surface area contributed by atoms with E-state index in [1.54, 1.807) is 45.0 Å². The lowest BCUT2D eigenvalue weighted by molar-refractivity contribution is -0.134. The van der Waals surface area contributed by atoms with Crippen LogP contribution in [-0.4, -0.2) is 114 Å². The number of carbonyl (C=O) groups is 2. The number of imide groups is 1. The maximum Gasteiger partial charge on any atom is 0.274 e. The molecule has 0 aliphatic carbocycles. The summed E-state index contributed by atoms with van der Waals surface area (Å²) in [6, 6.07) is 10.8. The van der Waals surface area contributed by atoms with E-state index in [4.69, 9.17) is 9.72 Å². The second-order valence-electron chi connectivity index (χ2n) is 17.5. The number of aromatic nitrogens is 4. The number of aryl methyl sites for hydroxylation is 2. The highest BCUT2D eigenvalue weighted by Gasteiger charge is 2.33. The van der Waals surface area contributed by atoms with Gasteiger partial charge in [0.2, 0.25) is 17.8 Å². The highest BCUT2D eigenvalue weighted by Crippen LogP contribution is 2.42. The molecule has 0 spiro atoms. The molecule has 0 bridgehead atoms. The minimum absolute atomic E-state index is 0.0591. The van der Waals surface area contributed by atoms with Gasteiger partial charge in [-0.15, -0.1) is 0 Å². The molecule has 3 aliphatic heterocycles. The van der Waals surface area contributed by atoms with Crippen molar-refractivity contribution >= 4 is 79.8 Å². The van der Waals surface area contributed by atoms with Crippen LogP contribution < -0.4 is 36.5 Å². The van der Waals surface area contributed by atoms with E-state index in [0.717, 1.165) is 75.5 Å². The molecular weight excluding hydrogens is 933 g/mol. The third-order valence-electron chi connectivity index (χ3n) is 13.0. The molecule has 3 fully saturated rings. The predicted molar refractivity (Wildman–Crippen MR) is 258 cm³/mol. The van der Waals surface area contributed by atoms with Gasteiger partial charge in [-0.1, -0.05) is 6.92 Å². The van der Waals surface area contributed by atoms with Crippen molar-refractivity contribution in [3.8, 4) is 5.75 Å². The average molecular weight is 990 g/mol. The van der Waals surface area contributed by atoms with E-state index in [-0.39, 0.29) is 24.0 Å². The maximum atomic E-state index is 15.1. The van der Waals surface area contributed by atoms with Gasteiger partial charge >= 0.3 is 0 Å². The van der Waals surface area contributed by atoms with Crippen molar-refractivity contribution in [2.45, 2.75) is 70.9 Å². The first-order chi connectivity index (χ1) is 31.6. The Hall–Kier alpha value is -5.29. The number of rotatable bonds is 14. The second-order valence-corrected chi connectivity index (χ2v) is 21.5. The summed E-state index contributed by atoms with van der Waals surface area (Å²) in [6.07, 6.45) is 6.72. The van der Waals surface area contributed by atoms with Crippen molar-refractivity contribution in [2.24, 2.45) is 0 Å². The van der Waals surface area contributed by atoms with Crippen LogP contribution in [0, 0.1) is 11.6 Å². The van der Waals surface area contributed by atoms with Crippen LogP contribution in [0.5, 0.6) is 5.75 Å². The number of piperazine rings is 1. The molecule has 0 saturated carbocycles. The number of fused-ring (bicyclic) bond motifs is 1. The molecule has 2 aromatic heterocycles. The van der Waals surface area contributed by atoms with Crippen LogP contribution in [0.15, 0.2) is 58.1 Å². The van der Waals surface area contributed by atoms with Gasteiger partial charge in [-0.2, -0.15) is 10.1 Å². The van der Waals surface area contributed by atoms with Crippen LogP contribution in [0.2, 0.25) is 0 Å². The SMILES string of the molecule is CCc1cc(Nc2ncc(Br)c(Nc3ccc4c(=O)n(CC)ncc4c3P(C)(C)=O)n2)c(OC)cc1N1CCC(N2CCN(CCc3cc(F)c(C4CCC(=O)NC4=O)c(F)c3)CC2)CC1. The molecule has 2 amide bonds. The first kappa shape index (κ1) is 47.2. The maximum absolute atomic E-state index is 15.1. The Bertz CT molecular complexity index is 2750. The monoisotopic (exact) mass is 988 g/mol. The minimum Gasteiger partial charge on any atom is -0.494 e. The minimum atomic E-state index is -2.91. The molecular formula is C47H56BrF2N10O5P. The average Bonchev–Trinajstić information content (AvgIpc) is 3.29. The van der Waals surface area contributed by atoms with Gasteiger partial charge in [0, 0.05) is 99.0 Å². The van der Waals surface area contributed by atoms with Gasteiger partial charge in [-0.3, -0.25) is 24.6 Å². The zero-order valence-electron chi connectivity index (χ0n) is 37.9. The summed E-state index contributed by atoms with van der Waals surface area (Å²) in [4.78, 5) is 53.6. The van der Waals surface area contributed by atoms with Gasteiger partial charge in [-0.25, -0.2) is 18.4 Å². The van der Waals surface area contributed by atoms with E-state index in [2.05, 4.69) is 75.7 Å². The number of methoxy groups -OCH3 is 1. The predicted octanol–water partition coefficient (Wildman–Crippen LogP) is 6.90. The number of piperidine rings is 2. The van der Waals surface area contributed by atoms with Crippen LogP contribution in [0.25, 0.3) is 10.8 Å². The largest absolute Gasteiger partial charge is 0.494 e. The molecule has 0 radical (unpaired) electrons. The molecule has 15 nitrogen and oxygen atoms in total. The Labute approximate surface area is 391 Å². The molecule has 19 heteroatoms. The van der Waals surface area contributed by atoms with Crippen LogP contribution >= 0.6 is 23.1 Å². The number of hydrogen-bond acceptors (Lipinski definition) is 13. The number of ether oxygens (including phenoxy) is 1. The fourth-order valence-corrected chi connectivity index (χ4v) is 11.3. The van der Waals surface area contributed by atoms with E-state index in [0.29, 0.717) is 74.9 Å². The van der Waals surface area contributed by atoms with E-state index in [1.165, 1.54) is 16.8 Å². The zero-order chi connectivity index (χ0) is 46.9. The summed E-state index contributed by atoms with van der Waals surface area (Å²) in [5.74, 6) is -2.14. The van der Waals surface area contributed by atoms with Crippen molar-refractivity contribution in [1.29, 1.82) is 0 Å². The number of benzene rings is 3. The number of nitrogens with zero attached hydrogens (tertiary/aromatic N) is 7. The van der Waals surface area contributed by atoms with Crippen LogP contribution in [0.4, 0.5) is 37.6 Å². The highest BCUT2D eigenvalue weighted by atomic mass is 79.9. The second kappa shape index (κ2) is 19.9. The van der Waals surface area contributed by atoms with Crippen molar-refractivity contribution in [2.75, 3.05) is 81.8 Å². The summed E-state index contributed by atoms with van der Waals surface area (Å²) >= 11 is 3.58. The van der Waals surface area contributed by atoms with Gasteiger partial charge in [0.05, 0.1) is 40.5 Å². The lowest BCUT2D eigenvalue weighted by Gasteiger charge is -2.43. The van der Waals surface area contributed by atoms with E-state index >= 15 is 8.78 Å². The van der Waals surface area contributed by atoms with Crippen molar-refractivity contribution in [3.63, 3.8) is 0 Å². The number of anilines is 5. The number of nitrogens with one attached hydrogen (secondary N) is 3. The topological polar surface area (TPSA) is 167 Å². The van der Waals surface area contributed by atoms with Crippen molar-refractivity contribution in [3.05, 3.63) is 91.9 Å². The molecule has 8 rings (SSSR count). The Morgan fingerprint density at radius 2 is 1.64 bits per heavy atom. The first-order valence-corrected chi connectivity index (χ1v) is 25.9. The van der Waals surface area contributed by atoms with Crippen LogP contribution in [-0.2, 0) is 33.5 Å². The zero-order valence-corrected chi connectivity index (χ0v) is 40.4. The smallest absolute Gasteiger partial charge is 0.274 e. The molecule has 350 valence electrons. The fourth-order valence-electron chi connectivity index (χ4n) is 9.57. The molecule has 1 atom stereocenters. The van der Waals surface area contributed by atoms with E-state index in [1.807, 2.05) is 6.92 Å². The quantitative estimate of drug-likeness (QED) is 0.0778. The van der Waals surface area contributed by atoms with Gasteiger partial charge in [0.15, 0.2) is 0 Å². The Kier molecular flexibility index (Phi) is 14.2. The molecule has 5 heterocycles. The van der Waals surface area contributed by atoms with Crippen LogP contribution in [0.3, 0.4) is 0 Å². The molecule has 3 saturated heterocycles. The van der Waals surface area contributed by atoms with Gasteiger partial charge in [-0.05, 0) is 110 Å². The molecule has 66 heavy (non-hydrogen) atoms. The summed E-state index contributed by atoms with van der Waals surface area (Å²) in [6.45, 7) is 13.8. The van der Waals surface area contributed by atoms with Gasteiger partial charge < -0.3 is 29.7 Å². The Morgan fingerprint density at radius 3 is 2.29 bits per heavy atom. The Balaban J connectivity index is 0.881. The van der Waals surface area contributed by atoms with E-state index in [9.17, 15) is 18.9 Å². The summed E-state index contributed by atoms with van der Waals surface area (Å²) < 4.78 is 51.8. The third kappa shape index (κ3) is 10.0. The molecule has 3 N–H and O–H groups in total. The summed E-state index contributed by atoms with van der Waals surface area (Å²) in [7, 11) is -1.27. The lowest BCUT2D eigenvalue weighted by Crippen LogP contribution is -2.53. The first-order valence-electron chi connectivity index (χ1n) is 22.5.